The van der Waals surface area contributed by atoms with Crippen molar-refractivity contribution in [3.05, 3.63) is 134 Å². The van der Waals surface area contributed by atoms with E-state index in [1.54, 1.807) is 6.26 Å². The second-order valence-electron chi connectivity index (χ2n) is 10.5. The summed E-state index contributed by atoms with van der Waals surface area (Å²) in [4.78, 5) is 0. The van der Waals surface area contributed by atoms with Crippen LogP contribution in [0.15, 0.2) is 142 Å². The second-order valence-corrected chi connectivity index (χ2v) is 10.5. The quantitative estimate of drug-likeness (QED) is 0.216. The van der Waals surface area contributed by atoms with Gasteiger partial charge in [0.1, 0.15) is 16.7 Å². The first-order valence-electron chi connectivity index (χ1n) is 13.6. The number of hydrogen-bond acceptors (Lipinski definition) is 2. The fraction of sp³-hybridized carbons (Fsp3) is 0. The van der Waals surface area contributed by atoms with Crippen LogP contribution in [-0.2, 0) is 0 Å². The lowest BCUT2D eigenvalue weighted by Gasteiger charge is -2.18. The van der Waals surface area contributed by atoms with Gasteiger partial charge in [0.05, 0.1) is 6.26 Å². The summed E-state index contributed by atoms with van der Waals surface area (Å²) < 4.78 is 12.0. The van der Waals surface area contributed by atoms with E-state index in [-0.39, 0.29) is 0 Å². The van der Waals surface area contributed by atoms with Crippen LogP contribution in [0.5, 0.6) is 0 Å². The van der Waals surface area contributed by atoms with Crippen LogP contribution in [0, 0.1) is 0 Å². The van der Waals surface area contributed by atoms with Crippen LogP contribution in [-0.4, -0.2) is 0 Å². The molecular weight excluding hydrogens is 488 g/mol. The fourth-order valence-corrected chi connectivity index (χ4v) is 6.65. The van der Waals surface area contributed by atoms with Gasteiger partial charge in [0, 0.05) is 16.2 Å². The minimum Gasteiger partial charge on any atom is -0.464 e. The van der Waals surface area contributed by atoms with E-state index in [9.17, 15) is 0 Å². The smallest absolute Gasteiger partial charge is 0.136 e. The Morgan fingerprint density at radius 1 is 0.400 bits per heavy atom. The zero-order valence-electron chi connectivity index (χ0n) is 21.5. The third kappa shape index (κ3) is 2.93. The lowest BCUT2D eigenvalue weighted by atomic mass is 9.84. The summed E-state index contributed by atoms with van der Waals surface area (Å²) in [6.07, 6.45) is 1.75. The van der Waals surface area contributed by atoms with Crippen molar-refractivity contribution < 1.29 is 8.83 Å². The summed E-state index contributed by atoms with van der Waals surface area (Å²) in [7, 11) is 0. The van der Waals surface area contributed by atoms with Crippen molar-refractivity contribution in [2.24, 2.45) is 0 Å². The molecule has 0 amide bonds. The molecule has 9 rings (SSSR count). The Balaban J connectivity index is 1.42. The number of hydrogen-bond donors (Lipinski definition) is 0. The summed E-state index contributed by atoms with van der Waals surface area (Å²) in [5.41, 5.74) is 7.59. The number of rotatable bonds is 2. The first-order chi connectivity index (χ1) is 19.8. The Morgan fingerprint density at radius 3 is 1.80 bits per heavy atom. The molecule has 0 aliphatic carbocycles. The molecule has 0 N–H and O–H groups in total. The maximum absolute atomic E-state index is 6.27. The molecule has 2 heterocycles. The Bertz CT molecular complexity index is 2370. The van der Waals surface area contributed by atoms with Gasteiger partial charge in [-0.15, -0.1) is 0 Å². The van der Waals surface area contributed by atoms with Crippen molar-refractivity contribution >= 4 is 65.2 Å². The molecule has 0 saturated carbocycles. The van der Waals surface area contributed by atoms with Gasteiger partial charge in [-0.05, 0) is 84.9 Å². The predicted octanol–water partition coefficient (Wildman–Crippen LogP) is 11.1. The van der Waals surface area contributed by atoms with E-state index in [1.807, 2.05) is 18.2 Å². The second kappa shape index (κ2) is 8.08. The lowest BCUT2D eigenvalue weighted by Crippen LogP contribution is -1.91. The first kappa shape index (κ1) is 21.6. The van der Waals surface area contributed by atoms with Gasteiger partial charge >= 0.3 is 0 Å². The normalized spacial score (nSPS) is 12.0. The molecular formula is C38H22O2. The minimum atomic E-state index is 0.871. The van der Waals surface area contributed by atoms with Crippen molar-refractivity contribution in [2.45, 2.75) is 0 Å². The molecule has 0 saturated heterocycles. The van der Waals surface area contributed by atoms with Crippen LogP contribution in [0.3, 0.4) is 0 Å². The van der Waals surface area contributed by atoms with Crippen LogP contribution in [0.25, 0.3) is 87.5 Å². The fourth-order valence-electron chi connectivity index (χ4n) is 6.65. The molecule has 7 aromatic carbocycles. The monoisotopic (exact) mass is 510 g/mol. The van der Waals surface area contributed by atoms with Crippen LogP contribution in [0.1, 0.15) is 0 Å². The van der Waals surface area contributed by atoms with Crippen molar-refractivity contribution in [1.29, 1.82) is 0 Å². The Labute approximate surface area is 229 Å². The van der Waals surface area contributed by atoms with Gasteiger partial charge in [0.25, 0.3) is 0 Å². The van der Waals surface area contributed by atoms with Gasteiger partial charge in [-0.1, -0.05) is 97.1 Å². The molecule has 40 heavy (non-hydrogen) atoms. The van der Waals surface area contributed by atoms with E-state index in [0.29, 0.717) is 0 Å². The van der Waals surface area contributed by atoms with E-state index in [2.05, 4.69) is 109 Å². The van der Waals surface area contributed by atoms with Crippen LogP contribution >= 0.6 is 0 Å². The van der Waals surface area contributed by atoms with E-state index >= 15 is 0 Å². The molecule has 186 valence electrons. The maximum Gasteiger partial charge on any atom is 0.136 e. The first-order valence-corrected chi connectivity index (χ1v) is 13.6. The van der Waals surface area contributed by atoms with Crippen molar-refractivity contribution in [3.8, 4) is 22.3 Å². The molecule has 2 heteroatoms. The van der Waals surface area contributed by atoms with Crippen LogP contribution in [0.2, 0.25) is 0 Å². The van der Waals surface area contributed by atoms with E-state index in [4.69, 9.17) is 8.83 Å². The van der Waals surface area contributed by atoms with Gasteiger partial charge in [0.15, 0.2) is 0 Å². The Kier molecular flexibility index (Phi) is 4.36. The molecule has 0 spiro atoms. The van der Waals surface area contributed by atoms with Crippen molar-refractivity contribution in [1.82, 2.24) is 0 Å². The van der Waals surface area contributed by atoms with Crippen LogP contribution < -0.4 is 0 Å². The Morgan fingerprint density at radius 2 is 1.02 bits per heavy atom. The largest absolute Gasteiger partial charge is 0.464 e. The number of fused-ring (bicyclic) bond motifs is 8. The molecule has 0 atom stereocenters. The summed E-state index contributed by atoms with van der Waals surface area (Å²) in [5.74, 6) is 0. The zero-order chi connectivity index (χ0) is 26.2. The highest BCUT2D eigenvalue weighted by Crippen LogP contribution is 2.46. The van der Waals surface area contributed by atoms with E-state index in [0.717, 1.165) is 32.9 Å². The van der Waals surface area contributed by atoms with Gasteiger partial charge < -0.3 is 8.83 Å². The zero-order valence-corrected chi connectivity index (χ0v) is 21.5. The summed E-state index contributed by atoms with van der Waals surface area (Å²) in [6.45, 7) is 0. The molecule has 0 fully saturated rings. The standard InChI is InChI=1S/C38H22O2/c1-2-10-25-23(8-1)9-7-15-26(25)37-29-13-5-3-11-27(29)36(28-12-4-6-14-30(28)37)24-16-17-34-32(22-24)38-31-20-21-39-33(31)18-19-35(38)40-34/h1-22H. The summed E-state index contributed by atoms with van der Waals surface area (Å²) in [5, 5.41) is 10.8. The van der Waals surface area contributed by atoms with Crippen molar-refractivity contribution in [3.63, 3.8) is 0 Å². The maximum atomic E-state index is 6.27. The molecule has 0 aliphatic heterocycles. The molecule has 0 radical (unpaired) electrons. The number of benzene rings is 7. The van der Waals surface area contributed by atoms with Crippen molar-refractivity contribution in [2.75, 3.05) is 0 Å². The topological polar surface area (TPSA) is 26.3 Å². The van der Waals surface area contributed by atoms with E-state index in [1.165, 1.54) is 54.6 Å². The van der Waals surface area contributed by atoms with E-state index < -0.39 is 0 Å². The lowest BCUT2D eigenvalue weighted by molar-refractivity contribution is 0.615. The Hall–Kier alpha value is -5.34. The summed E-state index contributed by atoms with van der Waals surface area (Å²) in [6, 6.07) is 45.6. The highest BCUT2D eigenvalue weighted by molar-refractivity contribution is 6.25. The molecule has 2 aromatic heterocycles. The average molecular weight is 511 g/mol. The van der Waals surface area contributed by atoms with Gasteiger partial charge in [0.2, 0.25) is 0 Å². The van der Waals surface area contributed by atoms with Crippen LogP contribution in [0.4, 0.5) is 0 Å². The molecule has 9 aromatic rings. The molecule has 2 nitrogen and oxygen atoms in total. The summed E-state index contributed by atoms with van der Waals surface area (Å²) >= 11 is 0. The molecule has 0 unspecified atom stereocenters. The SMILES string of the molecule is c1ccc2c(-c3c4ccccc4c(-c4ccc5oc6ccc7occc7c6c5c4)c4ccccc34)cccc2c1. The molecule has 0 aliphatic rings. The van der Waals surface area contributed by atoms with Gasteiger partial charge in [-0.2, -0.15) is 0 Å². The van der Waals surface area contributed by atoms with Gasteiger partial charge in [-0.3, -0.25) is 0 Å². The highest BCUT2D eigenvalue weighted by atomic mass is 16.3. The predicted molar refractivity (Wildman–Crippen MR) is 167 cm³/mol. The number of furan rings is 2. The average Bonchev–Trinajstić information content (AvgIpc) is 3.63. The third-order valence-corrected chi connectivity index (χ3v) is 8.34. The third-order valence-electron chi connectivity index (χ3n) is 8.34. The molecule has 0 bridgehead atoms. The highest BCUT2D eigenvalue weighted by Gasteiger charge is 2.19. The van der Waals surface area contributed by atoms with Gasteiger partial charge in [-0.25, -0.2) is 0 Å². The minimum absolute atomic E-state index is 0.871.